The molecule has 0 unspecified atom stereocenters. The van der Waals surface area contributed by atoms with Crippen molar-refractivity contribution in [3.05, 3.63) is 26.3 Å². The van der Waals surface area contributed by atoms with Crippen LogP contribution in [0, 0.1) is 17.0 Å². The molecule has 19 heavy (non-hydrogen) atoms. The van der Waals surface area contributed by atoms with Crippen molar-refractivity contribution in [2.75, 3.05) is 31.7 Å². The lowest BCUT2D eigenvalue weighted by Gasteiger charge is -2.09. The summed E-state index contributed by atoms with van der Waals surface area (Å²) in [7, 11) is 0. The van der Waals surface area contributed by atoms with E-state index in [-0.39, 0.29) is 12.3 Å². The monoisotopic (exact) mass is 333 g/mol. The topological polar surface area (TPSA) is 97.5 Å². The molecular weight excluding hydrogens is 318 g/mol. The van der Waals surface area contributed by atoms with Crippen molar-refractivity contribution in [3.63, 3.8) is 0 Å². The first-order chi connectivity index (χ1) is 9.07. The zero-order chi connectivity index (χ0) is 14.3. The zero-order valence-electron chi connectivity index (χ0n) is 10.6. The quantitative estimate of drug-likeness (QED) is 0.428. The van der Waals surface area contributed by atoms with E-state index >= 15 is 0 Å². The van der Waals surface area contributed by atoms with Gasteiger partial charge >= 0.3 is 0 Å². The molecule has 1 heterocycles. The minimum Gasteiger partial charge on any atom is -0.394 e. The Kier molecular flexibility index (Phi) is 6.68. The summed E-state index contributed by atoms with van der Waals surface area (Å²) in [5.41, 5.74) is 0.530. The van der Waals surface area contributed by atoms with Gasteiger partial charge in [0.15, 0.2) is 0 Å². The highest BCUT2D eigenvalue weighted by molar-refractivity contribution is 9.10. The second kappa shape index (κ2) is 8.03. The van der Waals surface area contributed by atoms with Crippen LogP contribution in [0.4, 0.5) is 11.5 Å². The van der Waals surface area contributed by atoms with E-state index in [0.29, 0.717) is 35.6 Å². The number of aliphatic hydroxyl groups is 1. The second-order valence-corrected chi connectivity index (χ2v) is 4.60. The number of hydrogen-bond donors (Lipinski definition) is 2. The fourth-order valence-corrected chi connectivity index (χ4v) is 1.87. The maximum absolute atomic E-state index is 10.7. The molecule has 1 aromatic rings. The molecule has 0 spiro atoms. The van der Waals surface area contributed by atoms with Crippen molar-refractivity contribution >= 4 is 27.4 Å². The average Bonchev–Trinajstić information content (AvgIpc) is 2.38. The maximum atomic E-state index is 10.7. The third kappa shape index (κ3) is 4.73. The van der Waals surface area contributed by atoms with Crippen LogP contribution in [0.15, 0.2) is 10.7 Å². The number of pyridine rings is 1. The van der Waals surface area contributed by atoms with Gasteiger partial charge in [-0.1, -0.05) is 0 Å². The Balaban J connectivity index is 2.51. The van der Waals surface area contributed by atoms with E-state index < -0.39 is 4.92 Å². The van der Waals surface area contributed by atoms with Gasteiger partial charge in [0.1, 0.15) is 12.0 Å². The minimum atomic E-state index is -0.459. The van der Waals surface area contributed by atoms with Gasteiger partial charge in [0.25, 0.3) is 5.69 Å². The first kappa shape index (κ1) is 15.8. The Labute approximate surface area is 119 Å². The van der Waals surface area contributed by atoms with Gasteiger partial charge in [-0.05, 0) is 29.3 Å². The Morgan fingerprint density at radius 1 is 1.58 bits per heavy atom. The van der Waals surface area contributed by atoms with Crippen LogP contribution in [0.3, 0.4) is 0 Å². The Morgan fingerprint density at radius 3 is 2.95 bits per heavy atom. The molecule has 0 fully saturated rings. The van der Waals surface area contributed by atoms with E-state index in [0.717, 1.165) is 6.42 Å². The number of hydrogen-bond acceptors (Lipinski definition) is 6. The van der Waals surface area contributed by atoms with E-state index in [2.05, 4.69) is 26.2 Å². The summed E-state index contributed by atoms with van der Waals surface area (Å²) in [6, 6.07) is 0. The van der Waals surface area contributed by atoms with Crippen molar-refractivity contribution in [1.29, 1.82) is 0 Å². The molecule has 2 N–H and O–H groups in total. The first-order valence-corrected chi connectivity index (χ1v) is 6.59. The highest BCUT2D eigenvalue weighted by atomic mass is 79.9. The van der Waals surface area contributed by atoms with Crippen LogP contribution in [0.2, 0.25) is 0 Å². The van der Waals surface area contributed by atoms with Crippen LogP contribution in [0.1, 0.15) is 12.0 Å². The van der Waals surface area contributed by atoms with Crippen molar-refractivity contribution < 1.29 is 14.8 Å². The van der Waals surface area contributed by atoms with E-state index in [1.165, 1.54) is 6.20 Å². The second-order valence-electron chi connectivity index (χ2n) is 3.80. The van der Waals surface area contributed by atoms with Gasteiger partial charge in [0, 0.05) is 18.7 Å². The van der Waals surface area contributed by atoms with Crippen LogP contribution in [-0.4, -0.2) is 41.4 Å². The molecule has 1 rings (SSSR count). The first-order valence-electron chi connectivity index (χ1n) is 5.80. The van der Waals surface area contributed by atoms with Gasteiger partial charge in [-0.3, -0.25) is 10.1 Å². The lowest BCUT2D eigenvalue weighted by atomic mass is 10.2. The van der Waals surface area contributed by atoms with Gasteiger partial charge < -0.3 is 15.2 Å². The number of halogens is 1. The van der Waals surface area contributed by atoms with Crippen LogP contribution in [-0.2, 0) is 4.74 Å². The van der Waals surface area contributed by atoms with Crippen molar-refractivity contribution in [2.45, 2.75) is 13.3 Å². The van der Waals surface area contributed by atoms with E-state index in [1.54, 1.807) is 6.92 Å². The summed E-state index contributed by atoms with van der Waals surface area (Å²) < 4.78 is 5.71. The number of anilines is 1. The molecule has 0 bridgehead atoms. The van der Waals surface area contributed by atoms with Gasteiger partial charge in [-0.15, -0.1) is 0 Å². The average molecular weight is 334 g/mol. The van der Waals surface area contributed by atoms with Crippen molar-refractivity contribution in [3.8, 4) is 0 Å². The molecule has 0 saturated carbocycles. The normalized spacial score (nSPS) is 10.5. The molecule has 0 aliphatic carbocycles. The van der Waals surface area contributed by atoms with Crippen LogP contribution < -0.4 is 5.32 Å². The summed E-state index contributed by atoms with van der Waals surface area (Å²) in [5.74, 6) is 0.574. The molecule has 0 amide bonds. The Hall–Kier alpha value is -1.25. The Morgan fingerprint density at radius 2 is 2.32 bits per heavy atom. The predicted octanol–water partition coefficient (Wildman–Crippen LogP) is 1.87. The predicted molar refractivity (Wildman–Crippen MR) is 74.3 cm³/mol. The fourth-order valence-electron chi connectivity index (χ4n) is 1.42. The van der Waals surface area contributed by atoms with Crippen molar-refractivity contribution in [2.24, 2.45) is 0 Å². The third-order valence-corrected chi connectivity index (χ3v) is 3.40. The van der Waals surface area contributed by atoms with E-state index in [4.69, 9.17) is 9.84 Å². The standard InChI is InChI=1S/C11H16BrN3O4/c1-8-9(15(17)18)7-14-11(10(8)12)13-3-2-5-19-6-4-16/h7,16H,2-6H2,1H3,(H,13,14). The van der Waals surface area contributed by atoms with Gasteiger partial charge in [-0.2, -0.15) is 0 Å². The summed E-state index contributed by atoms with van der Waals surface area (Å²) in [6.07, 6.45) is 1.99. The van der Waals surface area contributed by atoms with Gasteiger partial charge in [0.2, 0.25) is 0 Å². The summed E-state index contributed by atoms with van der Waals surface area (Å²) in [6.45, 7) is 3.19. The fraction of sp³-hybridized carbons (Fsp3) is 0.545. The van der Waals surface area contributed by atoms with Crippen LogP contribution in [0.25, 0.3) is 0 Å². The number of rotatable bonds is 8. The molecule has 0 aliphatic rings. The largest absolute Gasteiger partial charge is 0.394 e. The SMILES string of the molecule is Cc1c([N+](=O)[O-])cnc(NCCCOCCO)c1Br. The summed E-state index contributed by atoms with van der Waals surface area (Å²) >= 11 is 3.30. The smallest absolute Gasteiger partial charge is 0.291 e. The molecule has 7 nitrogen and oxygen atoms in total. The lowest BCUT2D eigenvalue weighted by molar-refractivity contribution is -0.385. The number of aromatic nitrogens is 1. The van der Waals surface area contributed by atoms with Crippen LogP contribution >= 0.6 is 15.9 Å². The summed E-state index contributed by atoms with van der Waals surface area (Å²) in [5, 5.41) is 22.3. The maximum Gasteiger partial charge on any atom is 0.291 e. The van der Waals surface area contributed by atoms with Gasteiger partial charge in [-0.25, -0.2) is 4.98 Å². The zero-order valence-corrected chi connectivity index (χ0v) is 12.1. The number of aliphatic hydroxyl groups excluding tert-OH is 1. The molecule has 8 heteroatoms. The number of nitrogens with one attached hydrogen (secondary N) is 1. The third-order valence-electron chi connectivity index (χ3n) is 2.43. The highest BCUT2D eigenvalue weighted by Crippen LogP contribution is 2.30. The van der Waals surface area contributed by atoms with E-state index in [9.17, 15) is 10.1 Å². The van der Waals surface area contributed by atoms with Gasteiger partial charge in [0.05, 0.1) is 22.6 Å². The molecule has 0 saturated heterocycles. The molecular formula is C11H16BrN3O4. The number of nitrogens with zero attached hydrogens (tertiary/aromatic N) is 2. The molecule has 0 aromatic carbocycles. The Bertz CT molecular complexity index is 442. The number of nitro groups is 1. The lowest BCUT2D eigenvalue weighted by Crippen LogP contribution is -2.09. The molecule has 1 aromatic heterocycles. The molecule has 0 radical (unpaired) electrons. The van der Waals surface area contributed by atoms with Crippen LogP contribution in [0.5, 0.6) is 0 Å². The van der Waals surface area contributed by atoms with E-state index in [1.807, 2.05) is 0 Å². The summed E-state index contributed by atoms with van der Waals surface area (Å²) in [4.78, 5) is 14.3. The van der Waals surface area contributed by atoms with Crippen molar-refractivity contribution in [1.82, 2.24) is 4.98 Å². The molecule has 0 atom stereocenters. The number of ether oxygens (including phenoxy) is 1. The highest BCUT2D eigenvalue weighted by Gasteiger charge is 2.16. The molecule has 0 aliphatic heterocycles. The molecule has 106 valence electrons. The minimum absolute atomic E-state index is 0.0105.